The highest BCUT2D eigenvalue weighted by atomic mass is 35.5. The topological polar surface area (TPSA) is 85.4 Å². The summed E-state index contributed by atoms with van der Waals surface area (Å²) in [5.41, 5.74) is 1.10. The standard InChI is InChI=1S/C20H16Cl2N2O4S/c1-29(26,27)17-7-5-16(6-8-17)28-19-9-3-14(12-23-19)20(25)24-11-13-2-4-15(21)10-18(13)22/h2-10,12H,11H2,1H3,(H,24,25). The smallest absolute Gasteiger partial charge is 0.253 e. The van der Waals surface area contributed by atoms with Gasteiger partial charge in [0.05, 0.1) is 10.5 Å². The molecule has 1 heterocycles. The van der Waals surface area contributed by atoms with Crippen molar-refractivity contribution in [3.8, 4) is 11.6 Å². The molecular formula is C20H16Cl2N2O4S. The number of benzene rings is 2. The van der Waals surface area contributed by atoms with E-state index in [1.807, 2.05) is 0 Å². The van der Waals surface area contributed by atoms with Gasteiger partial charge in [-0.3, -0.25) is 4.79 Å². The molecule has 0 radical (unpaired) electrons. The Balaban J connectivity index is 1.61. The van der Waals surface area contributed by atoms with Gasteiger partial charge in [-0.05, 0) is 48.0 Å². The van der Waals surface area contributed by atoms with E-state index in [-0.39, 0.29) is 23.2 Å². The van der Waals surface area contributed by atoms with Gasteiger partial charge in [-0.1, -0.05) is 29.3 Å². The van der Waals surface area contributed by atoms with Gasteiger partial charge in [0, 0.05) is 35.1 Å². The van der Waals surface area contributed by atoms with Crippen LogP contribution in [0.1, 0.15) is 15.9 Å². The second kappa shape index (κ2) is 8.82. The maximum Gasteiger partial charge on any atom is 0.253 e. The number of ether oxygens (including phenoxy) is 1. The molecule has 9 heteroatoms. The normalized spacial score (nSPS) is 11.1. The Hall–Kier alpha value is -2.61. The Morgan fingerprint density at radius 2 is 1.79 bits per heavy atom. The minimum Gasteiger partial charge on any atom is -0.439 e. The molecular weight excluding hydrogens is 435 g/mol. The monoisotopic (exact) mass is 450 g/mol. The zero-order valence-electron chi connectivity index (χ0n) is 15.2. The average molecular weight is 451 g/mol. The summed E-state index contributed by atoms with van der Waals surface area (Å²) in [4.78, 5) is 16.6. The van der Waals surface area contributed by atoms with E-state index in [2.05, 4.69) is 10.3 Å². The zero-order valence-corrected chi connectivity index (χ0v) is 17.6. The summed E-state index contributed by atoms with van der Waals surface area (Å²) in [6.45, 7) is 0.250. The number of sulfone groups is 1. The average Bonchev–Trinajstić information content (AvgIpc) is 2.67. The Kier molecular flexibility index (Phi) is 6.42. The fourth-order valence-corrected chi connectivity index (χ4v) is 3.50. The molecule has 0 spiro atoms. The third kappa shape index (κ3) is 5.69. The van der Waals surface area contributed by atoms with Crippen LogP contribution in [0.15, 0.2) is 65.7 Å². The van der Waals surface area contributed by atoms with Crippen molar-refractivity contribution in [1.29, 1.82) is 0 Å². The molecule has 150 valence electrons. The summed E-state index contributed by atoms with van der Waals surface area (Å²) in [5, 5.41) is 3.76. The van der Waals surface area contributed by atoms with E-state index in [9.17, 15) is 13.2 Å². The van der Waals surface area contributed by atoms with E-state index in [1.54, 1.807) is 30.3 Å². The van der Waals surface area contributed by atoms with Crippen molar-refractivity contribution in [2.45, 2.75) is 11.4 Å². The van der Waals surface area contributed by atoms with Crippen molar-refractivity contribution in [2.75, 3.05) is 6.26 Å². The molecule has 0 aliphatic heterocycles. The van der Waals surface area contributed by atoms with Crippen molar-refractivity contribution in [2.24, 2.45) is 0 Å². The van der Waals surface area contributed by atoms with Gasteiger partial charge >= 0.3 is 0 Å². The Morgan fingerprint density at radius 3 is 2.38 bits per heavy atom. The van der Waals surface area contributed by atoms with Gasteiger partial charge in [0.25, 0.3) is 5.91 Å². The Labute approximate surface area is 178 Å². The van der Waals surface area contributed by atoms with E-state index in [1.165, 1.54) is 30.5 Å². The first-order valence-corrected chi connectivity index (χ1v) is 11.0. The van der Waals surface area contributed by atoms with Gasteiger partial charge in [-0.15, -0.1) is 0 Å². The van der Waals surface area contributed by atoms with Crippen LogP contribution in [-0.4, -0.2) is 25.6 Å². The fourth-order valence-electron chi connectivity index (χ4n) is 2.39. The molecule has 2 aromatic carbocycles. The van der Waals surface area contributed by atoms with Gasteiger partial charge in [0.15, 0.2) is 9.84 Å². The van der Waals surface area contributed by atoms with Gasteiger partial charge in [0.1, 0.15) is 5.75 Å². The third-order valence-corrected chi connectivity index (χ3v) is 5.64. The van der Waals surface area contributed by atoms with Gasteiger partial charge < -0.3 is 10.1 Å². The maximum atomic E-state index is 12.3. The van der Waals surface area contributed by atoms with E-state index < -0.39 is 9.84 Å². The summed E-state index contributed by atoms with van der Waals surface area (Å²) >= 11 is 12.0. The van der Waals surface area contributed by atoms with E-state index in [4.69, 9.17) is 27.9 Å². The van der Waals surface area contributed by atoms with Crippen LogP contribution in [0, 0.1) is 0 Å². The van der Waals surface area contributed by atoms with E-state index >= 15 is 0 Å². The number of hydrogen-bond acceptors (Lipinski definition) is 5. The van der Waals surface area contributed by atoms with Gasteiger partial charge in [0.2, 0.25) is 5.88 Å². The lowest BCUT2D eigenvalue weighted by molar-refractivity contribution is 0.0950. The van der Waals surface area contributed by atoms with Crippen molar-refractivity contribution in [1.82, 2.24) is 10.3 Å². The number of halogens is 2. The molecule has 0 fully saturated rings. The number of nitrogens with zero attached hydrogens (tertiary/aromatic N) is 1. The first kappa shape index (κ1) is 21.1. The van der Waals surface area contributed by atoms with Crippen LogP contribution in [0.25, 0.3) is 0 Å². The largest absolute Gasteiger partial charge is 0.439 e. The second-order valence-electron chi connectivity index (χ2n) is 6.15. The number of hydrogen-bond donors (Lipinski definition) is 1. The summed E-state index contributed by atoms with van der Waals surface area (Å²) < 4.78 is 28.5. The molecule has 3 rings (SSSR count). The highest BCUT2D eigenvalue weighted by Crippen LogP contribution is 2.22. The predicted octanol–water partition coefficient (Wildman–Crippen LogP) is 4.51. The number of nitrogens with one attached hydrogen (secondary N) is 1. The molecule has 0 aliphatic rings. The molecule has 1 aromatic heterocycles. The van der Waals surface area contributed by atoms with Crippen LogP contribution in [0.5, 0.6) is 11.6 Å². The van der Waals surface area contributed by atoms with Crippen molar-refractivity contribution >= 4 is 38.9 Å². The Bertz CT molecular complexity index is 1130. The number of carbonyl (C=O) groups excluding carboxylic acids is 1. The molecule has 6 nitrogen and oxygen atoms in total. The lowest BCUT2D eigenvalue weighted by Crippen LogP contribution is -2.23. The van der Waals surface area contributed by atoms with Gasteiger partial charge in [-0.2, -0.15) is 0 Å². The van der Waals surface area contributed by atoms with E-state index in [0.29, 0.717) is 21.4 Å². The highest BCUT2D eigenvalue weighted by Gasteiger charge is 2.10. The fraction of sp³-hybridized carbons (Fsp3) is 0.100. The quantitative estimate of drug-likeness (QED) is 0.596. The molecule has 0 aliphatic carbocycles. The van der Waals surface area contributed by atoms with Crippen LogP contribution in [0.3, 0.4) is 0 Å². The molecule has 1 N–H and O–H groups in total. The number of rotatable bonds is 6. The molecule has 29 heavy (non-hydrogen) atoms. The highest BCUT2D eigenvalue weighted by molar-refractivity contribution is 7.90. The summed E-state index contributed by atoms with van der Waals surface area (Å²) in [6.07, 6.45) is 2.52. The number of aromatic nitrogens is 1. The lowest BCUT2D eigenvalue weighted by atomic mass is 10.2. The molecule has 0 unspecified atom stereocenters. The molecule has 1 amide bonds. The van der Waals surface area contributed by atoms with Gasteiger partial charge in [-0.25, -0.2) is 13.4 Å². The molecule has 0 bridgehead atoms. The third-order valence-electron chi connectivity index (χ3n) is 3.93. The van der Waals surface area contributed by atoms with Crippen LogP contribution >= 0.6 is 23.2 Å². The first-order valence-electron chi connectivity index (χ1n) is 8.38. The zero-order chi connectivity index (χ0) is 21.0. The number of amides is 1. The van der Waals surface area contributed by atoms with Crippen LogP contribution in [0.4, 0.5) is 0 Å². The first-order chi connectivity index (χ1) is 13.7. The minimum absolute atomic E-state index is 0.200. The minimum atomic E-state index is -3.27. The second-order valence-corrected chi connectivity index (χ2v) is 9.01. The van der Waals surface area contributed by atoms with Crippen molar-refractivity contribution in [3.63, 3.8) is 0 Å². The lowest BCUT2D eigenvalue weighted by Gasteiger charge is -2.08. The number of carbonyl (C=O) groups is 1. The number of pyridine rings is 1. The molecule has 3 aromatic rings. The SMILES string of the molecule is CS(=O)(=O)c1ccc(Oc2ccc(C(=O)NCc3ccc(Cl)cc3Cl)cn2)cc1. The van der Waals surface area contributed by atoms with Crippen LogP contribution in [-0.2, 0) is 16.4 Å². The molecule has 0 atom stereocenters. The Morgan fingerprint density at radius 1 is 1.07 bits per heavy atom. The summed E-state index contributed by atoms with van der Waals surface area (Å²) in [5.74, 6) is 0.390. The maximum absolute atomic E-state index is 12.3. The van der Waals surface area contributed by atoms with Crippen molar-refractivity contribution < 1.29 is 17.9 Å². The predicted molar refractivity (Wildman–Crippen MR) is 111 cm³/mol. The molecule has 0 saturated heterocycles. The van der Waals surface area contributed by atoms with Crippen molar-refractivity contribution in [3.05, 3.63) is 82.0 Å². The molecule has 0 saturated carbocycles. The van der Waals surface area contributed by atoms with Crippen LogP contribution < -0.4 is 10.1 Å². The van der Waals surface area contributed by atoms with E-state index in [0.717, 1.165) is 11.8 Å². The summed E-state index contributed by atoms with van der Waals surface area (Å²) in [7, 11) is -3.27. The summed E-state index contributed by atoms with van der Waals surface area (Å²) in [6, 6.07) is 14.2. The van der Waals surface area contributed by atoms with Crippen LogP contribution in [0.2, 0.25) is 10.0 Å².